The van der Waals surface area contributed by atoms with Crippen LogP contribution in [0.15, 0.2) is 42.5 Å². The van der Waals surface area contributed by atoms with E-state index in [1.165, 1.54) is 23.4 Å². The first kappa shape index (κ1) is 19.8. The van der Waals surface area contributed by atoms with Crippen molar-refractivity contribution >= 4 is 29.3 Å². The smallest absolute Gasteiger partial charge is 0.251 e. The van der Waals surface area contributed by atoms with Crippen molar-refractivity contribution in [3.63, 3.8) is 0 Å². The maximum absolute atomic E-state index is 13.7. The van der Waals surface area contributed by atoms with Crippen molar-refractivity contribution in [3.05, 3.63) is 70.0 Å². The summed E-state index contributed by atoms with van der Waals surface area (Å²) in [6, 6.07) is 12.4. The summed E-state index contributed by atoms with van der Waals surface area (Å²) in [5.41, 5.74) is 2.43. The van der Waals surface area contributed by atoms with Crippen molar-refractivity contribution in [1.29, 1.82) is 0 Å². The number of carbonyl (C=O) groups is 1. The molecule has 1 amide bonds. The summed E-state index contributed by atoms with van der Waals surface area (Å²) in [4.78, 5) is 12.1. The molecular weight excluding hydrogens is 357 g/mol. The van der Waals surface area contributed by atoms with Crippen LogP contribution in [0.5, 0.6) is 0 Å². The van der Waals surface area contributed by atoms with Gasteiger partial charge in [-0.2, -0.15) is 11.8 Å². The lowest BCUT2D eigenvalue weighted by Crippen LogP contribution is -2.26. The van der Waals surface area contributed by atoms with E-state index in [9.17, 15) is 9.18 Å². The maximum Gasteiger partial charge on any atom is 0.251 e. The Kier molecular flexibility index (Phi) is 6.91. The maximum atomic E-state index is 13.7. The van der Waals surface area contributed by atoms with Crippen LogP contribution < -0.4 is 5.32 Å². The number of thioether (sulfide) groups is 1. The summed E-state index contributed by atoms with van der Waals surface area (Å²) in [5, 5.41) is 3.33. The average Bonchev–Trinajstić information content (AvgIpc) is 2.56. The minimum absolute atomic E-state index is 0.0691. The standard InChI is InChI=1S/C20H23ClFNOS/c1-20(2,3)15-9-7-14(8-10-15)19(24)23-11-12-25-13-16-17(21)5-4-6-18(16)22/h4-10H,11-13H2,1-3H3,(H,23,24). The third-order valence-electron chi connectivity index (χ3n) is 3.85. The Balaban J connectivity index is 1.77. The van der Waals surface area contributed by atoms with Gasteiger partial charge in [0.05, 0.1) is 0 Å². The van der Waals surface area contributed by atoms with E-state index < -0.39 is 0 Å². The number of benzene rings is 2. The fourth-order valence-corrected chi connectivity index (χ4v) is 3.50. The van der Waals surface area contributed by atoms with Crippen LogP contribution in [0.25, 0.3) is 0 Å². The highest BCUT2D eigenvalue weighted by Gasteiger charge is 2.14. The molecule has 0 atom stereocenters. The molecule has 0 saturated heterocycles. The Morgan fingerprint density at radius 3 is 2.44 bits per heavy atom. The lowest BCUT2D eigenvalue weighted by molar-refractivity contribution is 0.0956. The number of hydrogen-bond donors (Lipinski definition) is 1. The molecule has 2 aromatic carbocycles. The summed E-state index contributed by atoms with van der Waals surface area (Å²) in [6.07, 6.45) is 0. The molecule has 134 valence electrons. The van der Waals surface area contributed by atoms with Crippen LogP contribution >= 0.6 is 23.4 Å². The van der Waals surface area contributed by atoms with E-state index in [4.69, 9.17) is 11.6 Å². The summed E-state index contributed by atoms with van der Waals surface area (Å²) in [5.74, 6) is 0.797. The number of nitrogens with one attached hydrogen (secondary N) is 1. The van der Waals surface area contributed by atoms with E-state index in [1.807, 2.05) is 24.3 Å². The minimum atomic E-state index is -0.289. The number of rotatable bonds is 6. The molecule has 1 N–H and O–H groups in total. The predicted octanol–water partition coefficient (Wildman–Crippen LogP) is 5.44. The fourth-order valence-electron chi connectivity index (χ4n) is 2.30. The zero-order valence-corrected chi connectivity index (χ0v) is 16.3. The highest BCUT2D eigenvalue weighted by Crippen LogP contribution is 2.24. The van der Waals surface area contributed by atoms with Crippen LogP contribution in [0.3, 0.4) is 0 Å². The molecule has 0 unspecified atom stereocenters. The highest BCUT2D eigenvalue weighted by molar-refractivity contribution is 7.98. The number of hydrogen-bond acceptors (Lipinski definition) is 2. The molecule has 0 fully saturated rings. The molecule has 0 radical (unpaired) electrons. The SMILES string of the molecule is CC(C)(C)c1ccc(C(=O)NCCSCc2c(F)cccc2Cl)cc1. The Hall–Kier alpha value is -1.52. The molecule has 25 heavy (non-hydrogen) atoms. The molecule has 0 saturated carbocycles. The molecule has 0 aliphatic heterocycles. The molecule has 0 aliphatic carbocycles. The van der Waals surface area contributed by atoms with E-state index in [0.29, 0.717) is 34.2 Å². The number of carbonyl (C=O) groups excluding carboxylic acids is 1. The van der Waals surface area contributed by atoms with E-state index >= 15 is 0 Å². The van der Waals surface area contributed by atoms with E-state index in [0.717, 1.165) is 0 Å². The summed E-state index contributed by atoms with van der Waals surface area (Å²) in [7, 11) is 0. The molecule has 0 bridgehead atoms. The zero-order valence-electron chi connectivity index (χ0n) is 14.7. The molecule has 2 aromatic rings. The van der Waals surface area contributed by atoms with Gasteiger partial charge in [0.1, 0.15) is 5.82 Å². The van der Waals surface area contributed by atoms with Crippen molar-refractivity contribution in [3.8, 4) is 0 Å². The van der Waals surface area contributed by atoms with Gasteiger partial charge in [0.15, 0.2) is 0 Å². The molecular formula is C20H23ClFNOS. The topological polar surface area (TPSA) is 29.1 Å². The second kappa shape index (κ2) is 8.72. The normalized spacial score (nSPS) is 11.4. The van der Waals surface area contributed by atoms with Crippen LogP contribution in [0.1, 0.15) is 42.3 Å². The first-order valence-electron chi connectivity index (χ1n) is 8.18. The van der Waals surface area contributed by atoms with E-state index in [1.54, 1.807) is 12.1 Å². The van der Waals surface area contributed by atoms with Gasteiger partial charge < -0.3 is 5.32 Å². The summed E-state index contributed by atoms with van der Waals surface area (Å²) < 4.78 is 13.7. The largest absolute Gasteiger partial charge is 0.351 e. The van der Waals surface area contributed by atoms with Crippen molar-refractivity contribution in [1.82, 2.24) is 5.32 Å². The van der Waals surface area contributed by atoms with Gasteiger partial charge in [0.2, 0.25) is 0 Å². The number of halogens is 2. The van der Waals surface area contributed by atoms with Crippen LogP contribution in [0.4, 0.5) is 4.39 Å². The molecule has 2 rings (SSSR count). The second-order valence-electron chi connectivity index (χ2n) is 6.84. The number of amides is 1. The van der Waals surface area contributed by atoms with E-state index in [2.05, 4.69) is 26.1 Å². The summed E-state index contributed by atoms with van der Waals surface area (Å²) >= 11 is 7.53. The van der Waals surface area contributed by atoms with Gasteiger partial charge in [-0.1, -0.05) is 50.6 Å². The van der Waals surface area contributed by atoms with Gasteiger partial charge in [-0.3, -0.25) is 4.79 Å². The van der Waals surface area contributed by atoms with Crippen molar-refractivity contribution < 1.29 is 9.18 Å². The Morgan fingerprint density at radius 1 is 1.16 bits per heavy atom. The predicted molar refractivity (Wildman–Crippen MR) is 105 cm³/mol. The second-order valence-corrected chi connectivity index (χ2v) is 8.35. The molecule has 0 heterocycles. The highest BCUT2D eigenvalue weighted by atomic mass is 35.5. The Bertz CT molecular complexity index is 705. The van der Waals surface area contributed by atoms with Gasteiger partial charge in [0, 0.05) is 34.2 Å². The van der Waals surface area contributed by atoms with Crippen LogP contribution in [0, 0.1) is 5.82 Å². The van der Waals surface area contributed by atoms with E-state index in [-0.39, 0.29) is 17.1 Å². The Labute approximate surface area is 158 Å². The molecule has 0 aromatic heterocycles. The molecule has 0 aliphatic rings. The monoisotopic (exact) mass is 379 g/mol. The van der Waals surface area contributed by atoms with Crippen LogP contribution in [-0.4, -0.2) is 18.2 Å². The molecule has 5 heteroatoms. The van der Waals surface area contributed by atoms with Gasteiger partial charge in [0.25, 0.3) is 5.91 Å². The van der Waals surface area contributed by atoms with Crippen molar-refractivity contribution in [2.45, 2.75) is 31.9 Å². The molecule has 2 nitrogen and oxygen atoms in total. The fraction of sp³-hybridized carbons (Fsp3) is 0.350. The quantitative estimate of drug-likeness (QED) is 0.677. The zero-order chi connectivity index (χ0) is 18.4. The van der Waals surface area contributed by atoms with Crippen molar-refractivity contribution in [2.75, 3.05) is 12.3 Å². The van der Waals surface area contributed by atoms with Gasteiger partial charge in [-0.15, -0.1) is 0 Å². The minimum Gasteiger partial charge on any atom is -0.351 e. The van der Waals surface area contributed by atoms with Gasteiger partial charge >= 0.3 is 0 Å². The third-order valence-corrected chi connectivity index (χ3v) is 5.19. The molecule has 0 spiro atoms. The average molecular weight is 380 g/mol. The Morgan fingerprint density at radius 2 is 1.84 bits per heavy atom. The van der Waals surface area contributed by atoms with Gasteiger partial charge in [-0.05, 0) is 35.2 Å². The van der Waals surface area contributed by atoms with Crippen LogP contribution in [0.2, 0.25) is 5.02 Å². The first-order valence-corrected chi connectivity index (χ1v) is 9.71. The first-order chi connectivity index (χ1) is 11.8. The van der Waals surface area contributed by atoms with Crippen LogP contribution in [-0.2, 0) is 11.2 Å². The summed E-state index contributed by atoms with van der Waals surface area (Å²) in [6.45, 7) is 6.94. The third kappa shape index (κ3) is 5.75. The van der Waals surface area contributed by atoms with Gasteiger partial charge in [-0.25, -0.2) is 4.39 Å². The lowest BCUT2D eigenvalue weighted by atomic mass is 9.87. The lowest BCUT2D eigenvalue weighted by Gasteiger charge is -2.19. The van der Waals surface area contributed by atoms with Crippen molar-refractivity contribution in [2.24, 2.45) is 0 Å².